The van der Waals surface area contributed by atoms with Crippen LogP contribution in [0.5, 0.6) is 0 Å². The van der Waals surface area contributed by atoms with E-state index in [1.165, 1.54) is 0 Å². The Bertz CT molecular complexity index is 421. The van der Waals surface area contributed by atoms with Crippen LogP contribution in [0.2, 0.25) is 18.1 Å². The van der Waals surface area contributed by atoms with Crippen molar-refractivity contribution in [3.63, 3.8) is 0 Å². The smallest absolute Gasteiger partial charge is 0.193 e. The number of benzene rings is 1. The molecule has 0 aliphatic carbocycles. The molecular weight excluding hydrogens is 304 g/mol. The summed E-state index contributed by atoms with van der Waals surface area (Å²) in [7, 11) is -1.79. The van der Waals surface area contributed by atoms with Crippen LogP contribution in [-0.2, 0) is 4.43 Å². The van der Waals surface area contributed by atoms with Crippen LogP contribution < -0.4 is 0 Å². The van der Waals surface area contributed by atoms with Crippen molar-refractivity contribution in [3.8, 4) is 0 Å². The first-order valence-corrected chi connectivity index (χ1v) is 9.94. The van der Waals surface area contributed by atoms with Gasteiger partial charge in [0.15, 0.2) is 8.32 Å². The minimum Gasteiger partial charge on any atom is -0.406 e. The Balaban J connectivity index is 3.01. The Morgan fingerprint density at radius 2 is 1.83 bits per heavy atom. The molecule has 1 rings (SSSR count). The largest absolute Gasteiger partial charge is 0.406 e. The van der Waals surface area contributed by atoms with Gasteiger partial charge in [0.25, 0.3) is 0 Å². The van der Waals surface area contributed by atoms with Crippen LogP contribution in [0.4, 0.5) is 0 Å². The van der Waals surface area contributed by atoms with Gasteiger partial charge >= 0.3 is 0 Å². The average molecular weight is 327 g/mol. The fourth-order valence-electron chi connectivity index (χ4n) is 1.44. The van der Waals surface area contributed by atoms with Crippen molar-refractivity contribution in [2.75, 3.05) is 0 Å². The fourth-order valence-corrected chi connectivity index (χ4v) is 3.16. The van der Waals surface area contributed by atoms with Gasteiger partial charge in [0.1, 0.15) is 0 Å². The molecule has 3 heteroatoms. The van der Waals surface area contributed by atoms with E-state index in [0.29, 0.717) is 0 Å². The summed E-state index contributed by atoms with van der Waals surface area (Å²) in [6.45, 7) is 15.2. The van der Waals surface area contributed by atoms with Gasteiger partial charge in [-0.25, -0.2) is 0 Å². The topological polar surface area (TPSA) is 9.23 Å². The van der Waals surface area contributed by atoms with Crippen LogP contribution in [-0.4, -0.2) is 8.32 Å². The van der Waals surface area contributed by atoms with Crippen LogP contribution in [0.25, 0.3) is 0 Å². The molecule has 0 saturated carbocycles. The summed E-state index contributed by atoms with van der Waals surface area (Å²) in [6.07, 6.45) is 1.85. The van der Waals surface area contributed by atoms with Gasteiger partial charge in [-0.05, 0) is 29.8 Å². The highest BCUT2D eigenvalue weighted by Gasteiger charge is 2.39. The molecule has 1 unspecified atom stereocenters. The first kappa shape index (κ1) is 15.7. The third-order valence-corrected chi connectivity index (χ3v) is 8.83. The second-order valence-electron chi connectivity index (χ2n) is 6.06. The molecule has 1 aromatic carbocycles. The van der Waals surface area contributed by atoms with Gasteiger partial charge in [-0.15, -0.1) is 6.58 Å². The molecule has 0 aliphatic rings. The highest BCUT2D eigenvalue weighted by atomic mass is 79.9. The molecule has 0 heterocycles. The van der Waals surface area contributed by atoms with Gasteiger partial charge in [-0.1, -0.05) is 61.0 Å². The highest BCUT2D eigenvalue weighted by molar-refractivity contribution is 9.10. The minimum absolute atomic E-state index is 0.0403. The van der Waals surface area contributed by atoms with E-state index in [4.69, 9.17) is 4.43 Å². The molecule has 0 saturated heterocycles. The van der Waals surface area contributed by atoms with Crippen molar-refractivity contribution < 1.29 is 4.43 Å². The molecule has 1 atom stereocenters. The second kappa shape index (κ2) is 5.72. The molecular formula is C15H23BrOSi. The van der Waals surface area contributed by atoms with E-state index in [1.807, 2.05) is 24.3 Å². The predicted octanol–water partition coefficient (Wildman–Crippen LogP) is 5.70. The molecule has 0 aliphatic heterocycles. The lowest BCUT2D eigenvalue weighted by Crippen LogP contribution is -2.41. The maximum absolute atomic E-state index is 6.41. The summed E-state index contributed by atoms with van der Waals surface area (Å²) in [5.74, 6) is 0. The number of hydrogen-bond acceptors (Lipinski definition) is 1. The molecule has 0 bridgehead atoms. The zero-order valence-electron chi connectivity index (χ0n) is 12.0. The highest BCUT2D eigenvalue weighted by Crippen LogP contribution is 2.40. The molecule has 0 aromatic heterocycles. The van der Waals surface area contributed by atoms with E-state index >= 15 is 0 Å². The molecule has 1 aromatic rings. The molecule has 0 spiro atoms. The van der Waals surface area contributed by atoms with Crippen LogP contribution in [0.3, 0.4) is 0 Å². The molecule has 100 valence electrons. The summed E-state index contributed by atoms with van der Waals surface area (Å²) in [5, 5.41) is 0.204. The lowest BCUT2D eigenvalue weighted by atomic mass is 10.1. The average Bonchev–Trinajstić information content (AvgIpc) is 2.25. The van der Waals surface area contributed by atoms with Crippen LogP contribution in [0.15, 0.2) is 41.4 Å². The maximum atomic E-state index is 6.41. The van der Waals surface area contributed by atoms with Crippen molar-refractivity contribution in [1.29, 1.82) is 0 Å². The summed E-state index contributed by atoms with van der Waals surface area (Å²) in [4.78, 5) is 0. The Hall–Kier alpha value is -0.383. The zero-order chi connectivity index (χ0) is 14.0. The number of hydrogen-bond donors (Lipinski definition) is 0. The maximum Gasteiger partial charge on any atom is 0.193 e. The van der Waals surface area contributed by atoms with Gasteiger partial charge < -0.3 is 4.43 Å². The molecule has 0 amide bonds. The Kier molecular flexibility index (Phi) is 4.98. The van der Waals surface area contributed by atoms with E-state index in [1.54, 1.807) is 0 Å². The Morgan fingerprint density at radius 1 is 1.28 bits per heavy atom. The SMILES string of the molecule is C=CC(O[Si](C)(C)C(C)(C)C)c1ccccc1Br. The van der Waals surface area contributed by atoms with E-state index in [0.717, 1.165) is 10.0 Å². The fraction of sp³-hybridized carbons (Fsp3) is 0.467. The molecule has 18 heavy (non-hydrogen) atoms. The van der Waals surface area contributed by atoms with E-state index < -0.39 is 8.32 Å². The second-order valence-corrected chi connectivity index (χ2v) is 11.7. The van der Waals surface area contributed by atoms with Crippen molar-refractivity contribution >= 4 is 24.2 Å². The number of halogens is 1. The minimum atomic E-state index is -1.79. The van der Waals surface area contributed by atoms with Crippen LogP contribution in [0.1, 0.15) is 32.4 Å². The Morgan fingerprint density at radius 3 is 2.28 bits per heavy atom. The standard InChI is InChI=1S/C15H23BrOSi/c1-7-14(12-10-8-9-11-13(12)16)17-18(5,6)15(2,3)4/h7-11,14H,1H2,2-6H3. The quantitative estimate of drug-likeness (QED) is 0.509. The molecule has 1 nitrogen and oxygen atoms in total. The zero-order valence-corrected chi connectivity index (χ0v) is 14.5. The van der Waals surface area contributed by atoms with Crippen molar-refractivity contribution in [2.45, 2.75) is 45.0 Å². The molecule has 0 N–H and O–H groups in total. The summed E-state index contributed by atoms with van der Waals surface area (Å²) >= 11 is 3.58. The first-order valence-electron chi connectivity index (χ1n) is 6.24. The van der Waals surface area contributed by atoms with E-state index in [9.17, 15) is 0 Å². The lowest BCUT2D eigenvalue weighted by molar-refractivity contribution is 0.229. The van der Waals surface area contributed by atoms with E-state index in [2.05, 4.69) is 62.4 Å². The van der Waals surface area contributed by atoms with Gasteiger partial charge in [-0.3, -0.25) is 0 Å². The van der Waals surface area contributed by atoms with Crippen molar-refractivity contribution in [3.05, 3.63) is 47.0 Å². The molecule has 0 radical (unpaired) electrons. The van der Waals surface area contributed by atoms with Crippen molar-refractivity contribution in [1.82, 2.24) is 0 Å². The summed E-state index contributed by atoms with van der Waals surface area (Å²) in [5.41, 5.74) is 1.15. The van der Waals surface area contributed by atoms with Gasteiger partial charge in [0.05, 0.1) is 6.10 Å². The summed E-state index contributed by atoms with van der Waals surface area (Å²) in [6, 6.07) is 8.18. The number of rotatable bonds is 4. The third kappa shape index (κ3) is 3.56. The Labute approximate surface area is 121 Å². The van der Waals surface area contributed by atoms with Gasteiger partial charge in [-0.2, -0.15) is 0 Å². The third-order valence-electron chi connectivity index (χ3n) is 3.65. The summed E-state index contributed by atoms with van der Waals surface area (Å²) < 4.78 is 7.49. The first-order chi connectivity index (χ1) is 8.19. The van der Waals surface area contributed by atoms with Crippen molar-refractivity contribution in [2.24, 2.45) is 0 Å². The van der Waals surface area contributed by atoms with Gasteiger partial charge in [0, 0.05) is 4.47 Å². The van der Waals surface area contributed by atoms with E-state index in [-0.39, 0.29) is 11.1 Å². The molecule has 0 fully saturated rings. The van der Waals surface area contributed by atoms with Crippen LogP contribution in [0, 0.1) is 0 Å². The van der Waals surface area contributed by atoms with Crippen LogP contribution >= 0.6 is 15.9 Å². The predicted molar refractivity (Wildman–Crippen MR) is 85.4 cm³/mol. The lowest BCUT2D eigenvalue weighted by Gasteiger charge is -2.38. The van der Waals surface area contributed by atoms with Gasteiger partial charge in [0.2, 0.25) is 0 Å². The normalized spacial score (nSPS) is 14.3. The monoisotopic (exact) mass is 326 g/mol.